The van der Waals surface area contributed by atoms with Crippen molar-refractivity contribution in [3.63, 3.8) is 0 Å². The predicted molar refractivity (Wildman–Crippen MR) is 170 cm³/mol. The van der Waals surface area contributed by atoms with Crippen LogP contribution in [0.25, 0.3) is 0 Å². The normalized spacial score (nSPS) is 18.6. The van der Waals surface area contributed by atoms with Gasteiger partial charge < -0.3 is 20.0 Å². The first kappa shape index (κ1) is 28.8. The molecule has 1 atom stereocenters. The number of carbonyl (C=O) groups is 1. The Hall–Kier alpha value is -3.67. The van der Waals surface area contributed by atoms with Crippen LogP contribution in [0.15, 0.2) is 65.6 Å². The van der Waals surface area contributed by atoms with E-state index in [0.29, 0.717) is 13.1 Å². The van der Waals surface area contributed by atoms with E-state index >= 15 is 0 Å². The zero-order valence-corrected chi connectivity index (χ0v) is 25.3. The molecule has 2 aliphatic heterocycles. The number of piperazine rings is 1. The molecule has 1 unspecified atom stereocenters. The van der Waals surface area contributed by atoms with Crippen LogP contribution < -0.4 is 20.3 Å². The minimum absolute atomic E-state index is 0.0449. The van der Waals surface area contributed by atoms with Crippen LogP contribution in [0.2, 0.25) is 0 Å². The molecule has 1 amide bonds. The number of hydrogen-bond acceptors (Lipinski definition) is 7. The second-order valence-electron chi connectivity index (χ2n) is 11.9. The van der Waals surface area contributed by atoms with E-state index in [4.69, 9.17) is 5.14 Å². The van der Waals surface area contributed by atoms with Gasteiger partial charge in [0, 0.05) is 66.9 Å². The lowest BCUT2D eigenvalue weighted by atomic mass is 9.78. The van der Waals surface area contributed by atoms with Crippen LogP contribution in [0.3, 0.4) is 0 Å². The fraction of sp³-hybridized carbons (Fsp3) is 0.394. The summed E-state index contributed by atoms with van der Waals surface area (Å²) in [5.74, 6) is 0.0916. The van der Waals surface area contributed by atoms with Gasteiger partial charge in [-0.05, 0) is 73.7 Å². The van der Waals surface area contributed by atoms with E-state index in [1.54, 1.807) is 0 Å². The van der Waals surface area contributed by atoms with Gasteiger partial charge >= 0.3 is 0 Å². The van der Waals surface area contributed by atoms with Gasteiger partial charge in [-0.2, -0.15) is 5.26 Å². The largest absolute Gasteiger partial charge is 0.381 e. The second kappa shape index (κ2) is 12.1. The zero-order valence-electron chi connectivity index (χ0n) is 24.5. The van der Waals surface area contributed by atoms with Gasteiger partial charge in [-0.25, -0.2) is 0 Å². The van der Waals surface area contributed by atoms with Crippen LogP contribution in [0, 0.1) is 30.6 Å². The van der Waals surface area contributed by atoms with Crippen molar-refractivity contribution in [3.05, 3.63) is 82.9 Å². The zero-order chi connectivity index (χ0) is 29.1. The average molecular weight is 569 g/mol. The molecule has 0 saturated carbocycles. The van der Waals surface area contributed by atoms with Crippen molar-refractivity contribution in [1.82, 2.24) is 4.90 Å². The maximum Gasteiger partial charge on any atom is 0.254 e. The molecule has 41 heavy (non-hydrogen) atoms. The van der Waals surface area contributed by atoms with Crippen LogP contribution in [0.5, 0.6) is 0 Å². The molecule has 3 aromatic carbocycles. The molecular formula is C33H40N6OS. The third-order valence-corrected chi connectivity index (χ3v) is 9.23. The quantitative estimate of drug-likeness (QED) is 0.362. The van der Waals surface area contributed by atoms with E-state index in [9.17, 15) is 10.1 Å². The van der Waals surface area contributed by atoms with E-state index < -0.39 is 0 Å². The van der Waals surface area contributed by atoms with E-state index in [2.05, 4.69) is 60.2 Å². The molecule has 3 N–H and O–H groups in total. The first-order valence-corrected chi connectivity index (χ1v) is 15.2. The average Bonchev–Trinajstić information content (AvgIpc) is 2.98. The number of nitriles is 1. The smallest absolute Gasteiger partial charge is 0.254 e. The Morgan fingerprint density at radius 3 is 2.32 bits per heavy atom. The van der Waals surface area contributed by atoms with Crippen LogP contribution >= 0.6 is 11.9 Å². The summed E-state index contributed by atoms with van der Waals surface area (Å²) >= 11 is 1.27. The van der Waals surface area contributed by atoms with Gasteiger partial charge in [0.15, 0.2) is 0 Å². The predicted octanol–water partition coefficient (Wildman–Crippen LogP) is 5.82. The van der Waals surface area contributed by atoms with Crippen molar-refractivity contribution in [1.29, 1.82) is 5.26 Å². The van der Waals surface area contributed by atoms with Gasteiger partial charge in [0.25, 0.3) is 5.91 Å². The highest BCUT2D eigenvalue weighted by molar-refractivity contribution is 7.97. The van der Waals surface area contributed by atoms with E-state index in [1.807, 2.05) is 54.3 Å². The van der Waals surface area contributed by atoms with Crippen LogP contribution in [0.1, 0.15) is 47.3 Å². The van der Waals surface area contributed by atoms with Crippen molar-refractivity contribution < 1.29 is 4.79 Å². The molecule has 0 spiro atoms. The summed E-state index contributed by atoms with van der Waals surface area (Å²) in [6.45, 7) is 13.3. The summed E-state index contributed by atoms with van der Waals surface area (Å²) in [7, 11) is 0. The molecule has 8 heteroatoms. The molecule has 0 bridgehead atoms. The molecule has 2 heterocycles. The number of carbonyl (C=O) groups excluding carboxylic acids is 1. The summed E-state index contributed by atoms with van der Waals surface area (Å²) in [5.41, 5.74) is 6.76. The number of benzene rings is 3. The summed E-state index contributed by atoms with van der Waals surface area (Å²) in [4.78, 5) is 21.4. The number of hydrogen-bond donors (Lipinski definition) is 2. The molecule has 0 radical (unpaired) electrons. The molecule has 214 valence electrons. The lowest BCUT2D eigenvalue weighted by Crippen LogP contribution is -2.52. The number of para-hydroxylation sites is 2. The Morgan fingerprint density at radius 1 is 0.951 bits per heavy atom. The summed E-state index contributed by atoms with van der Waals surface area (Å²) in [6.07, 6.45) is 0.938. The third kappa shape index (κ3) is 6.02. The van der Waals surface area contributed by atoms with Crippen molar-refractivity contribution in [2.75, 3.05) is 54.4 Å². The number of rotatable bonds is 6. The molecule has 2 saturated heterocycles. The van der Waals surface area contributed by atoms with Crippen molar-refractivity contribution in [2.24, 2.45) is 10.6 Å². The fourth-order valence-electron chi connectivity index (χ4n) is 6.24. The van der Waals surface area contributed by atoms with Gasteiger partial charge in [-0.15, -0.1) is 0 Å². The van der Waals surface area contributed by atoms with Crippen molar-refractivity contribution in [3.8, 4) is 6.07 Å². The number of nitrogens with zero attached hydrogens (tertiary/aromatic N) is 4. The Labute approximate surface area is 248 Å². The maximum atomic E-state index is 13.8. The minimum atomic E-state index is -0.0449. The summed E-state index contributed by atoms with van der Waals surface area (Å²) in [5, 5.41) is 19.3. The SMILES string of the molecule is Cc1cc(C)c(C(=O)N2CCN(c3ccccc3SN)CC2)cc1NC1CCN(c2ccccc2C#N)CC1(C)C. The number of nitrogens with two attached hydrogens (primary N) is 1. The van der Waals surface area contributed by atoms with Crippen molar-refractivity contribution in [2.45, 2.75) is 45.1 Å². The van der Waals surface area contributed by atoms with Gasteiger partial charge in [-0.3, -0.25) is 9.93 Å². The lowest BCUT2D eigenvalue weighted by Gasteiger charge is -2.46. The molecule has 0 aromatic heterocycles. The monoisotopic (exact) mass is 568 g/mol. The van der Waals surface area contributed by atoms with Gasteiger partial charge in [-0.1, -0.05) is 44.2 Å². The maximum absolute atomic E-state index is 13.8. The summed E-state index contributed by atoms with van der Waals surface area (Å²) < 4.78 is 0. The Morgan fingerprint density at radius 2 is 1.63 bits per heavy atom. The highest BCUT2D eigenvalue weighted by Gasteiger charge is 2.37. The topological polar surface area (TPSA) is 88.6 Å². The van der Waals surface area contributed by atoms with Crippen LogP contribution in [0.4, 0.5) is 17.1 Å². The molecule has 0 aliphatic carbocycles. The molecular weight excluding hydrogens is 528 g/mol. The Balaban J connectivity index is 1.28. The molecule has 2 fully saturated rings. The van der Waals surface area contributed by atoms with E-state index in [1.165, 1.54) is 11.9 Å². The number of piperidine rings is 1. The number of nitrogens with one attached hydrogen (secondary N) is 1. The molecule has 3 aromatic rings. The molecule has 5 rings (SSSR count). The first-order chi connectivity index (χ1) is 19.7. The van der Waals surface area contributed by atoms with Crippen molar-refractivity contribution >= 4 is 34.9 Å². The Bertz CT molecular complexity index is 1460. The summed E-state index contributed by atoms with van der Waals surface area (Å²) in [6, 6.07) is 22.8. The van der Waals surface area contributed by atoms with E-state index in [0.717, 1.165) is 76.8 Å². The van der Waals surface area contributed by atoms with Gasteiger partial charge in [0.05, 0.1) is 16.9 Å². The highest BCUT2D eigenvalue weighted by Crippen LogP contribution is 2.36. The molecule has 7 nitrogen and oxygen atoms in total. The lowest BCUT2D eigenvalue weighted by molar-refractivity contribution is 0.0746. The number of amides is 1. The van der Waals surface area contributed by atoms with Crippen LogP contribution in [-0.4, -0.2) is 56.1 Å². The van der Waals surface area contributed by atoms with Crippen LogP contribution in [-0.2, 0) is 0 Å². The Kier molecular flexibility index (Phi) is 8.48. The first-order valence-electron chi connectivity index (χ1n) is 14.3. The standard InChI is InChI=1S/C33H40N6OS/c1-23-19-24(2)27(36-31-13-14-39(22-33(31,3)4)28-10-6-5-9-25(28)21-34)20-26(23)32(40)38-17-15-37(16-18-38)29-11-7-8-12-30(29)41-35/h5-12,19-20,31,36H,13-18,22,35H2,1-4H3. The fourth-order valence-corrected chi connectivity index (χ4v) is 6.71. The third-order valence-electron chi connectivity index (χ3n) is 8.63. The molecule has 2 aliphatic rings. The second-order valence-corrected chi connectivity index (χ2v) is 12.5. The number of aryl methyl sites for hydroxylation is 2. The minimum Gasteiger partial charge on any atom is -0.381 e. The van der Waals surface area contributed by atoms with Gasteiger partial charge in [0.2, 0.25) is 0 Å². The van der Waals surface area contributed by atoms with Gasteiger partial charge in [0.1, 0.15) is 6.07 Å². The van der Waals surface area contributed by atoms with E-state index in [-0.39, 0.29) is 17.4 Å². The number of anilines is 3. The highest BCUT2D eigenvalue weighted by atomic mass is 32.2.